The summed E-state index contributed by atoms with van der Waals surface area (Å²) in [5.41, 5.74) is 4.32. The van der Waals surface area contributed by atoms with Crippen LogP contribution in [0.1, 0.15) is 56.9 Å². The van der Waals surface area contributed by atoms with Crippen LogP contribution in [0.5, 0.6) is 11.5 Å². The fourth-order valence-corrected chi connectivity index (χ4v) is 5.33. The number of nitrogens with zero attached hydrogens (tertiary/aromatic N) is 1. The molecule has 1 aromatic carbocycles. The Balaban J connectivity index is 1.51. The van der Waals surface area contributed by atoms with Gasteiger partial charge in [-0.1, -0.05) is 41.3 Å². The van der Waals surface area contributed by atoms with Crippen LogP contribution in [0, 0.1) is 0 Å². The zero-order valence-electron chi connectivity index (χ0n) is 17.9. The van der Waals surface area contributed by atoms with E-state index < -0.39 is 0 Å². The van der Waals surface area contributed by atoms with Crippen LogP contribution in [-0.2, 0) is 11.2 Å². The molecule has 0 bridgehead atoms. The highest BCUT2D eigenvalue weighted by Crippen LogP contribution is 2.38. The summed E-state index contributed by atoms with van der Waals surface area (Å²) in [6, 6.07) is 4.36. The van der Waals surface area contributed by atoms with Crippen molar-refractivity contribution in [2.24, 2.45) is 0 Å². The largest absolute Gasteiger partial charge is 0.493 e. The van der Waals surface area contributed by atoms with Crippen molar-refractivity contribution in [3.05, 3.63) is 45.2 Å². The van der Waals surface area contributed by atoms with Crippen LogP contribution in [0.4, 0.5) is 0 Å². The number of amides is 1. The van der Waals surface area contributed by atoms with Gasteiger partial charge in [0.05, 0.1) is 14.2 Å². The minimum Gasteiger partial charge on any atom is -0.493 e. The third-order valence-corrected chi connectivity index (χ3v) is 7.18. The lowest BCUT2D eigenvalue weighted by Gasteiger charge is -2.25. The monoisotopic (exact) mass is 474 g/mol. The quantitative estimate of drug-likeness (QED) is 0.597. The molecule has 162 valence electrons. The molecule has 6 heteroatoms. The lowest BCUT2D eigenvalue weighted by Crippen LogP contribution is -2.36. The van der Waals surface area contributed by atoms with Gasteiger partial charge in [-0.25, -0.2) is 0 Å². The van der Waals surface area contributed by atoms with Crippen molar-refractivity contribution in [3.8, 4) is 11.5 Å². The van der Waals surface area contributed by atoms with Gasteiger partial charge in [0.25, 0.3) is 5.91 Å². The molecule has 2 aliphatic carbocycles. The van der Waals surface area contributed by atoms with Gasteiger partial charge in [0.2, 0.25) is 0 Å². The van der Waals surface area contributed by atoms with Gasteiger partial charge in [0, 0.05) is 28.3 Å². The maximum absolute atomic E-state index is 13.4. The Morgan fingerprint density at radius 2 is 1.83 bits per heavy atom. The first-order valence-electron chi connectivity index (χ1n) is 11.0. The van der Waals surface area contributed by atoms with E-state index in [0.29, 0.717) is 24.1 Å². The molecule has 1 heterocycles. The van der Waals surface area contributed by atoms with Gasteiger partial charge in [0.1, 0.15) is 5.70 Å². The van der Waals surface area contributed by atoms with Crippen LogP contribution in [0.25, 0.3) is 0 Å². The molecular weight excluding hydrogens is 444 g/mol. The third-order valence-electron chi connectivity index (χ3n) is 6.44. The average molecular weight is 475 g/mol. The highest BCUT2D eigenvalue weighted by atomic mass is 79.9. The van der Waals surface area contributed by atoms with E-state index in [2.05, 4.69) is 27.3 Å². The number of halogens is 1. The predicted octanol–water partition coefficient (Wildman–Crippen LogP) is 5.10. The molecule has 0 atom stereocenters. The maximum Gasteiger partial charge on any atom is 0.274 e. The summed E-state index contributed by atoms with van der Waals surface area (Å²) in [6.07, 6.45) is 12.3. The van der Waals surface area contributed by atoms with Crippen molar-refractivity contribution in [2.75, 3.05) is 20.8 Å². The molecule has 5 nitrogen and oxygen atoms in total. The van der Waals surface area contributed by atoms with E-state index in [9.17, 15) is 4.79 Å². The third kappa shape index (κ3) is 4.25. The second-order valence-electron chi connectivity index (χ2n) is 8.32. The van der Waals surface area contributed by atoms with Crippen molar-refractivity contribution < 1.29 is 14.3 Å². The van der Waals surface area contributed by atoms with Crippen LogP contribution in [0.3, 0.4) is 0 Å². The van der Waals surface area contributed by atoms with Crippen molar-refractivity contribution in [2.45, 2.75) is 63.8 Å². The van der Waals surface area contributed by atoms with Gasteiger partial charge < -0.3 is 19.7 Å². The average Bonchev–Trinajstić information content (AvgIpc) is 3.04. The van der Waals surface area contributed by atoms with E-state index in [-0.39, 0.29) is 5.91 Å². The van der Waals surface area contributed by atoms with Gasteiger partial charge in [0.15, 0.2) is 11.5 Å². The molecular formula is C24H31BrN2O3. The van der Waals surface area contributed by atoms with Gasteiger partial charge >= 0.3 is 0 Å². The van der Waals surface area contributed by atoms with Crippen LogP contribution in [0.2, 0.25) is 0 Å². The summed E-state index contributed by atoms with van der Waals surface area (Å²) >= 11 is 3.65. The number of methoxy groups -OCH3 is 2. The minimum absolute atomic E-state index is 0.139. The number of rotatable bonds is 7. The number of carbonyl (C=O) groups is 1. The predicted molar refractivity (Wildman–Crippen MR) is 122 cm³/mol. The van der Waals surface area contributed by atoms with Crippen LogP contribution >= 0.6 is 15.9 Å². The standard InChI is InChI=1S/C24H31BrN2O3/c1-29-21-14-16(19(25)15-22(21)30-2)12-13-27-20-11-7-6-10-18(20)23(24(27)28)26-17-8-4-3-5-9-17/h11,14-15,17,26H,3-10,12-13H2,1-2H3. The van der Waals surface area contributed by atoms with Crippen molar-refractivity contribution in [1.82, 2.24) is 10.2 Å². The smallest absolute Gasteiger partial charge is 0.274 e. The molecule has 4 rings (SSSR count). The Morgan fingerprint density at radius 1 is 1.10 bits per heavy atom. The summed E-state index contributed by atoms with van der Waals surface area (Å²) in [5, 5.41) is 3.64. The lowest BCUT2D eigenvalue weighted by atomic mass is 9.94. The molecule has 0 spiro atoms. The Kier molecular flexibility index (Phi) is 6.71. The lowest BCUT2D eigenvalue weighted by molar-refractivity contribution is -0.124. The Morgan fingerprint density at radius 3 is 2.57 bits per heavy atom. The molecule has 3 aliphatic rings. The summed E-state index contributed by atoms with van der Waals surface area (Å²) < 4.78 is 11.8. The Labute approximate surface area is 187 Å². The van der Waals surface area contributed by atoms with Gasteiger partial charge in [-0.2, -0.15) is 0 Å². The molecule has 1 aromatic rings. The summed E-state index contributed by atoms with van der Waals surface area (Å²) in [7, 11) is 3.28. The van der Waals surface area contributed by atoms with Gasteiger partial charge in [-0.3, -0.25) is 4.79 Å². The minimum atomic E-state index is 0.139. The number of ether oxygens (including phenoxy) is 2. The molecule has 1 amide bonds. The van der Waals surface area contributed by atoms with Crippen molar-refractivity contribution in [1.29, 1.82) is 0 Å². The van der Waals surface area contributed by atoms with Crippen LogP contribution in [0.15, 0.2) is 39.6 Å². The number of hydrogen-bond donors (Lipinski definition) is 1. The van der Waals surface area contributed by atoms with E-state index in [0.717, 1.165) is 47.1 Å². The maximum atomic E-state index is 13.4. The fraction of sp³-hybridized carbons (Fsp3) is 0.542. The Hall–Kier alpha value is -1.95. The molecule has 30 heavy (non-hydrogen) atoms. The number of nitrogens with one attached hydrogen (secondary N) is 1. The first-order valence-corrected chi connectivity index (χ1v) is 11.8. The van der Waals surface area contributed by atoms with Crippen LogP contribution in [-0.4, -0.2) is 37.6 Å². The van der Waals surface area contributed by atoms with Crippen molar-refractivity contribution in [3.63, 3.8) is 0 Å². The molecule has 0 radical (unpaired) electrons. The van der Waals surface area contributed by atoms with E-state index in [4.69, 9.17) is 9.47 Å². The normalized spacial score (nSPS) is 19.6. The topological polar surface area (TPSA) is 50.8 Å². The van der Waals surface area contributed by atoms with E-state index in [1.165, 1.54) is 37.7 Å². The number of hydrogen-bond acceptors (Lipinski definition) is 4. The first-order chi connectivity index (χ1) is 14.6. The van der Waals surface area contributed by atoms with Crippen molar-refractivity contribution >= 4 is 21.8 Å². The first kappa shape index (κ1) is 21.3. The zero-order valence-corrected chi connectivity index (χ0v) is 19.5. The summed E-state index contributed by atoms with van der Waals surface area (Å²) in [6.45, 7) is 0.651. The van der Waals surface area contributed by atoms with E-state index in [1.807, 2.05) is 17.0 Å². The summed E-state index contributed by atoms with van der Waals surface area (Å²) in [4.78, 5) is 15.4. The van der Waals surface area contributed by atoms with Gasteiger partial charge in [-0.05, 0) is 56.2 Å². The second-order valence-corrected chi connectivity index (χ2v) is 9.17. The number of fused-ring (bicyclic) bond motifs is 1. The number of carbonyl (C=O) groups excluding carboxylic acids is 1. The molecule has 0 aromatic heterocycles. The van der Waals surface area contributed by atoms with E-state index in [1.54, 1.807) is 14.2 Å². The number of benzene rings is 1. The molecule has 1 fully saturated rings. The number of allylic oxidation sites excluding steroid dienone is 2. The highest BCUT2D eigenvalue weighted by molar-refractivity contribution is 9.10. The Bertz CT molecular complexity index is 871. The van der Waals surface area contributed by atoms with Crippen LogP contribution < -0.4 is 14.8 Å². The summed E-state index contributed by atoms with van der Waals surface area (Å²) in [5.74, 6) is 1.54. The SMILES string of the molecule is COc1cc(Br)c(CCN2C(=O)C(NC3CCCCC3)=C3CCCC=C32)cc1OC. The highest BCUT2D eigenvalue weighted by Gasteiger charge is 2.36. The molecule has 0 saturated heterocycles. The molecule has 1 saturated carbocycles. The van der Waals surface area contributed by atoms with E-state index >= 15 is 0 Å². The molecule has 0 unspecified atom stereocenters. The molecule has 1 aliphatic heterocycles. The second kappa shape index (κ2) is 9.46. The van der Waals surface area contributed by atoms with Gasteiger partial charge in [-0.15, -0.1) is 0 Å². The molecule has 1 N–H and O–H groups in total. The zero-order chi connectivity index (χ0) is 21.1. The fourth-order valence-electron chi connectivity index (χ4n) is 4.81.